The van der Waals surface area contributed by atoms with Crippen molar-refractivity contribution < 1.29 is 14.3 Å². The largest absolute Gasteiger partial charge is 0.493 e. The molecule has 1 aliphatic rings. The van der Waals surface area contributed by atoms with E-state index in [-0.39, 0.29) is 11.8 Å². The molecule has 0 bridgehead atoms. The summed E-state index contributed by atoms with van der Waals surface area (Å²) in [4.78, 5) is 31.9. The number of aryl methyl sites for hydroxylation is 1. The molecular formula is C29H35N3O3S. The number of nitrogens with one attached hydrogen (secondary N) is 1. The standard InChI is InChI=1S/C29H35N3O3S/c1-5-32(6-2)16-9-15-30-28(33)22-12-13-23-25(18-22)35-17-14-21-19-26(36-27(21)23)29(34)31(4)24-11-8-7-10-20(24)3/h7-8,10-13,18-19H,5-6,9,14-17H2,1-4H3,(H,30,33). The minimum atomic E-state index is -0.0904. The number of rotatable bonds is 9. The molecule has 2 amide bonds. The van der Waals surface area contributed by atoms with Gasteiger partial charge in [-0.15, -0.1) is 11.3 Å². The SMILES string of the molecule is CCN(CC)CCCNC(=O)c1ccc2c(c1)OCCc1cc(C(=O)N(C)c3ccccc3C)sc1-2. The lowest BCUT2D eigenvalue weighted by Crippen LogP contribution is -2.29. The number of hydrogen-bond donors (Lipinski definition) is 1. The van der Waals surface area contributed by atoms with E-state index in [0.29, 0.717) is 29.3 Å². The highest BCUT2D eigenvalue weighted by atomic mass is 32.1. The molecular weight excluding hydrogens is 470 g/mol. The van der Waals surface area contributed by atoms with Gasteiger partial charge in [0.1, 0.15) is 5.75 Å². The molecule has 1 aliphatic heterocycles. The summed E-state index contributed by atoms with van der Waals surface area (Å²) in [6, 6.07) is 15.5. The molecule has 6 nitrogen and oxygen atoms in total. The first-order chi connectivity index (χ1) is 17.4. The Morgan fingerprint density at radius 2 is 1.86 bits per heavy atom. The number of hydrogen-bond acceptors (Lipinski definition) is 5. The first-order valence-corrected chi connectivity index (χ1v) is 13.5. The maximum absolute atomic E-state index is 13.3. The third-order valence-electron chi connectivity index (χ3n) is 6.75. The summed E-state index contributed by atoms with van der Waals surface area (Å²) in [5.74, 6) is 0.579. The average molecular weight is 506 g/mol. The predicted octanol–water partition coefficient (Wildman–Crippen LogP) is 5.40. The lowest BCUT2D eigenvalue weighted by molar-refractivity contribution is 0.0950. The van der Waals surface area contributed by atoms with Crippen LogP contribution in [-0.2, 0) is 6.42 Å². The summed E-state index contributed by atoms with van der Waals surface area (Å²) in [5.41, 5.74) is 4.59. The third-order valence-corrected chi connectivity index (χ3v) is 7.95. The second-order valence-electron chi connectivity index (χ2n) is 9.06. The van der Waals surface area contributed by atoms with Crippen molar-refractivity contribution in [1.82, 2.24) is 10.2 Å². The maximum atomic E-state index is 13.3. The maximum Gasteiger partial charge on any atom is 0.268 e. The fourth-order valence-corrected chi connectivity index (χ4v) is 5.77. The van der Waals surface area contributed by atoms with Gasteiger partial charge in [0, 0.05) is 41.7 Å². The molecule has 1 N–H and O–H groups in total. The number of anilines is 1. The molecule has 2 aromatic carbocycles. The van der Waals surface area contributed by atoms with E-state index in [1.165, 1.54) is 11.3 Å². The van der Waals surface area contributed by atoms with Crippen molar-refractivity contribution in [3.63, 3.8) is 0 Å². The van der Waals surface area contributed by atoms with Crippen LogP contribution in [-0.4, -0.2) is 56.5 Å². The Labute approximate surface area is 217 Å². The van der Waals surface area contributed by atoms with Crippen LogP contribution in [0.25, 0.3) is 10.4 Å². The number of thiophene rings is 1. The van der Waals surface area contributed by atoms with Crippen LogP contribution < -0.4 is 15.0 Å². The summed E-state index contributed by atoms with van der Waals surface area (Å²) >= 11 is 1.49. The summed E-state index contributed by atoms with van der Waals surface area (Å²) in [7, 11) is 1.82. The van der Waals surface area contributed by atoms with Crippen molar-refractivity contribution >= 4 is 28.8 Å². The average Bonchev–Trinajstić information content (AvgIpc) is 3.24. The topological polar surface area (TPSA) is 61.9 Å². The summed E-state index contributed by atoms with van der Waals surface area (Å²) in [6.07, 6.45) is 1.63. The van der Waals surface area contributed by atoms with Crippen molar-refractivity contribution in [3.8, 4) is 16.2 Å². The molecule has 36 heavy (non-hydrogen) atoms. The van der Waals surface area contributed by atoms with Crippen LogP contribution in [0, 0.1) is 6.92 Å². The number of fused-ring (bicyclic) bond motifs is 3. The smallest absolute Gasteiger partial charge is 0.268 e. The molecule has 0 atom stereocenters. The van der Waals surface area contributed by atoms with E-state index in [2.05, 4.69) is 24.1 Å². The Balaban J connectivity index is 1.49. The van der Waals surface area contributed by atoms with E-state index in [9.17, 15) is 9.59 Å². The molecule has 190 valence electrons. The molecule has 0 radical (unpaired) electrons. The number of amides is 2. The second kappa shape index (κ2) is 11.7. The molecule has 1 aromatic heterocycles. The number of para-hydroxylation sites is 1. The third kappa shape index (κ3) is 5.63. The van der Waals surface area contributed by atoms with Gasteiger partial charge in [0.25, 0.3) is 11.8 Å². The normalized spacial score (nSPS) is 12.4. The van der Waals surface area contributed by atoms with Gasteiger partial charge in [-0.3, -0.25) is 9.59 Å². The van der Waals surface area contributed by atoms with Crippen molar-refractivity contribution in [2.45, 2.75) is 33.6 Å². The Hall–Kier alpha value is -3.16. The van der Waals surface area contributed by atoms with Gasteiger partial charge in [-0.1, -0.05) is 32.0 Å². The Kier molecular flexibility index (Phi) is 8.44. The fourth-order valence-electron chi connectivity index (χ4n) is 4.55. The van der Waals surface area contributed by atoms with Gasteiger partial charge >= 0.3 is 0 Å². The van der Waals surface area contributed by atoms with E-state index in [1.54, 1.807) is 4.90 Å². The number of carbonyl (C=O) groups is 2. The van der Waals surface area contributed by atoms with Crippen molar-refractivity contribution in [2.75, 3.05) is 44.7 Å². The van der Waals surface area contributed by atoms with Crippen LogP contribution in [0.5, 0.6) is 5.75 Å². The summed E-state index contributed by atoms with van der Waals surface area (Å²) in [6.45, 7) is 10.5. The Bertz CT molecular complexity index is 1230. The van der Waals surface area contributed by atoms with Gasteiger partial charge in [0.05, 0.1) is 11.5 Å². The molecule has 0 fully saturated rings. The van der Waals surface area contributed by atoms with Crippen LogP contribution >= 0.6 is 11.3 Å². The number of benzene rings is 2. The zero-order valence-corrected chi connectivity index (χ0v) is 22.4. The van der Waals surface area contributed by atoms with Crippen LogP contribution in [0.15, 0.2) is 48.5 Å². The first kappa shape index (κ1) is 25.9. The second-order valence-corrected chi connectivity index (χ2v) is 10.1. The molecule has 3 aromatic rings. The lowest BCUT2D eigenvalue weighted by Gasteiger charge is -2.18. The minimum absolute atomic E-state index is 0.0226. The zero-order chi connectivity index (χ0) is 25.7. The molecule has 2 heterocycles. The molecule has 0 aliphatic carbocycles. The van der Waals surface area contributed by atoms with E-state index < -0.39 is 0 Å². The Morgan fingerprint density at radius 1 is 1.08 bits per heavy atom. The van der Waals surface area contributed by atoms with E-state index in [4.69, 9.17) is 4.74 Å². The number of carbonyl (C=O) groups excluding carboxylic acids is 2. The van der Waals surface area contributed by atoms with Crippen LogP contribution in [0.2, 0.25) is 0 Å². The molecule has 7 heteroatoms. The van der Waals surface area contributed by atoms with Crippen molar-refractivity contribution in [2.24, 2.45) is 0 Å². The van der Waals surface area contributed by atoms with E-state index in [1.807, 2.05) is 62.5 Å². The molecule has 4 rings (SSSR count). The highest BCUT2D eigenvalue weighted by Gasteiger charge is 2.24. The predicted molar refractivity (Wildman–Crippen MR) is 148 cm³/mol. The van der Waals surface area contributed by atoms with Gasteiger partial charge in [0.2, 0.25) is 0 Å². The molecule has 0 unspecified atom stereocenters. The van der Waals surface area contributed by atoms with E-state index in [0.717, 1.165) is 59.7 Å². The van der Waals surface area contributed by atoms with Gasteiger partial charge in [-0.2, -0.15) is 0 Å². The van der Waals surface area contributed by atoms with E-state index >= 15 is 0 Å². The summed E-state index contributed by atoms with van der Waals surface area (Å²) in [5, 5.41) is 3.03. The molecule has 0 saturated carbocycles. The van der Waals surface area contributed by atoms with Crippen molar-refractivity contribution in [1.29, 1.82) is 0 Å². The molecule has 0 saturated heterocycles. The van der Waals surface area contributed by atoms with Gasteiger partial charge < -0.3 is 19.9 Å². The number of ether oxygens (including phenoxy) is 1. The van der Waals surface area contributed by atoms with Gasteiger partial charge in [0.15, 0.2) is 0 Å². The van der Waals surface area contributed by atoms with Crippen LogP contribution in [0.1, 0.15) is 51.4 Å². The van der Waals surface area contributed by atoms with Gasteiger partial charge in [-0.25, -0.2) is 0 Å². The molecule has 0 spiro atoms. The van der Waals surface area contributed by atoms with Crippen LogP contribution in [0.4, 0.5) is 5.69 Å². The highest BCUT2D eigenvalue weighted by molar-refractivity contribution is 7.17. The summed E-state index contributed by atoms with van der Waals surface area (Å²) < 4.78 is 6.02. The number of nitrogens with zero attached hydrogens (tertiary/aromatic N) is 2. The lowest BCUT2D eigenvalue weighted by atomic mass is 10.0. The monoisotopic (exact) mass is 505 g/mol. The highest BCUT2D eigenvalue weighted by Crippen LogP contribution is 2.41. The Morgan fingerprint density at radius 3 is 2.61 bits per heavy atom. The van der Waals surface area contributed by atoms with Gasteiger partial charge in [-0.05, 0) is 74.4 Å². The zero-order valence-electron chi connectivity index (χ0n) is 21.6. The van der Waals surface area contributed by atoms with Crippen LogP contribution in [0.3, 0.4) is 0 Å². The minimum Gasteiger partial charge on any atom is -0.493 e. The fraction of sp³-hybridized carbons (Fsp3) is 0.379. The first-order valence-electron chi connectivity index (χ1n) is 12.7. The van der Waals surface area contributed by atoms with Crippen molar-refractivity contribution in [3.05, 3.63) is 70.1 Å². The quantitative estimate of drug-likeness (QED) is 0.396.